The number of piperidine rings is 1. The van der Waals surface area contributed by atoms with E-state index in [1.54, 1.807) is 0 Å². The monoisotopic (exact) mass is 358 g/mol. The second-order valence-electron chi connectivity index (χ2n) is 7.47. The maximum Gasteiger partial charge on any atom is 0.227 e. The lowest BCUT2D eigenvalue weighted by Gasteiger charge is -2.31. The highest BCUT2D eigenvalue weighted by atomic mass is 16.2. The molecule has 0 bridgehead atoms. The molecule has 2 heterocycles. The molecule has 0 saturated carbocycles. The second kappa shape index (κ2) is 9.14. The number of nitrogens with zero attached hydrogens (tertiary/aromatic N) is 1. The average Bonchev–Trinajstić information content (AvgIpc) is 2.61. The van der Waals surface area contributed by atoms with Crippen molar-refractivity contribution in [2.45, 2.75) is 32.6 Å². The van der Waals surface area contributed by atoms with E-state index in [0.717, 1.165) is 44.1 Å². The molecule has 26 heavy (non-hydrogen) atoms. The van der Waals surface area contributed by atoms with Gasteiger partial charge in [0, 0.05) is 30.3 Å². The van der Waals surface area contributed by atoms with Gasteiger partial charge in [0.25, 0.3) is 0 Å². The SMILES string of the molecule is CC(C(=O)Nc1ccc(NC(=O)CCN2CCCCC2)cc1)C1CNC1. The number of benzene rings is 1. The number of amides is 2. The summed E-state index contributed by atoms with van der Waals surface area (Å²) in [5.74, 6) is 0.521. The summed E-state index contributed by atoms with van der Waals surface area (Å²) in [7, 11) is 0. The summed E-state index contributed by atoms with van der Waals surface area (Å²) >= 11 is 0. The van der Waals surface area contributed by atoms with E-state index >= 15 is 0 Å². The first kappa shape index (κ1) is 18.9. The van der Waals surface area contributed by atoms with Gasteiger partial charge < -0.3 is 20.9 Å². The Balaban J connectivity index is 1.41. The Bertz CT molecular complexity index is 607. The van der Waals surface area contributed by atoms with Crippen LogP contribution in [0.3, 0.4) is 0 Å². The quantitative estimate of drug-likeness (QED) is 0.699. The molecule has 0 aliphatic carbocycles. The van der Waals surface area contributed by atoms with E-state index < -0.39 is 0 Å². The zero-order chi connectivity index (χ0) is 18.4. The molecule has 142 valence electrons. The Hall–Kier alpha value is -1.92. The van der Waals surface area contributed by atoms with Crippen molar-refractivity contribution < 1.29 is 9.59 Å². The number of likely N-dealkylation sites (tertiary alicyclic amines) is 1. The molecule has 0 radical (unpaired) electrons. The van der Waals surface area contributed by atoms with Gasteiger partial charge in [-0.2, -0.15) is 0 Å². The standard InChI is InChI=1S/C20H30N4O2/c1-15(16-13-21-14-16)20(26)23-18-7-5-17(6-8-18)22-19(25)9-12-24-10-3-2-4-11-24/h5-8,15-16,21H,2-4,9-14H2,1H3,(H,22,25)(H,23,26). The maximum atomic E-state index is 12.2. The average molecular weight is 358 g/mol. The van der Waals surface area contributed by atoms with Gasteiger partial charge in [0.2, 0.25) is 11.8 Å². The second-order valence-corrected chi connectivity index (χ2v) is 7.47. The molecule has 2 aliphatic rings. The highest BCUT2D eigenvalue weighted by Crippen LogP contribution is 2.19. The van der Waals surface area contributed by atoms with Crippen molar-refractivity contribution in [3.63, 3.8) is 0 Å². The smallest absolute Gasteiger partial charge is 0.227 e. The summed E-state index contributed by atoms with van der Waals surface area (Å²) in [6.45, 7) is 6.84. The fourth-order valence-corrected chi connectivity index (χ4v) is 3.44. The number of nitrogens with one attached hydrogen (secondary N) is 3. The first-order chi connectivity index (χ1) is 12.6. The van der Waals surface area contributed by atoms with Gasteiger partial charge in [0.1, 0.15) is 0 Å². The molecular formula is C20H30N4O2. The predicted molar refractivity (Wildman–Crippen MR) is 104 cm³/mol. The highest BCUT2D eigenvalue weighted by molar-refractivity contribution is 5.94. The molecule has 3 rings (SSSR count). The van der Waals surface area contributed by atoms with E-state index in [1.165, 1.54) is 19.3 Å². The molecule has 2 amide bonds. The van der Waals surface area contributed by atoms with Crippen molar-refractivity contribution in [2.24, 2.45) is 11.8 Å². The number of anilines is 2. The van der Waals surface area contributed by atoms with Gasteiger partial charge in [0.05, 0.1) is 0 Å². The minimum absolute atomic E-state index is 0.00502. The zero-order valence-corrected chi connectivity index (χ0v) is 15.6. The van der Waals surface area contributed by atoms with E-state index in [4.69, 9.17) is 0 Å². The van der Waals surface area contributed by atoms with Crippen LogP contribution in [0.15, 0.2) is 24.3 Å². The van der Waals surface area contributed by atoms with Crippen molar-refractivity contribution in [3.05, 3.63) is 24.3 Å². The molecule has 1 unspecified atom stereocenters. The minimum Gasteiger partial charge on any atom is -0.326 e. The molecule has 0 spiro atoms. The maximum absolute atomic E-state index is 12.2. The molecule has 1 aromatic rings. The molecule has 2 aliphatic heterocycles. The first-order valence-corrected chi connectivity index (χ1v) is 9.75. The summed E-state index contributed by atoms with van der Waals surface area (Å²) in [6, 6.07) is 7.35. The van der Waals surface area contributed by atoms with E-state index in [2.05, 4.69) is 20.9 Å². The van der Waals surface area contributed by atoms with Crippen LogP contribution in [-0.4, -0.2) is 49.4 Å². The van der Waals surface area contributed by atoms with Crippen molar-refractivity contribution in [1.82, 2.24) is 10.2 Å². The van der Waals surface area contributed by atoms with E-state index in [-0.39, 0.29) is 17.7 Å². The van der Waals surface area contributed by atoms with Crippen molar-refractivity contribution >= 4 is 23.2 Å². The van der Waals surface area contributed by atoms with Crippen molar-refractivity contribution in [1.29, 1.82) is 0 Å². The van der Waals surface area contributed by atoms with E-state index in [1.807, 2.05) is 31.2 Å². The van der Waals surface area contributed by atoms with Crippen LogP contribution in [0, 0.1) is 11.8 Å². The highest BCUT2D eigenvalue weighted by Gasteiger charge is 2.28. The molecule has 1 atom stereocenters. The van der Waals surface area contributed by atoms with Crippen LogP contribution in [0.4, 0.5) is 11.4 Å². The molecular weight excluding hydrogens is 328 g/mol. The molecule has 1 aromatic carbocycles. The van der Waals surface area contributed by atoms with Gasteiger partial charge in [0.15, 0.2) is 0 Å². The largest absolute Gasteiger partial charge is 0.326 e. The van der Waals surface area contributed by atoms with Crippen LogP contribution in [0.25, 0.3) is 0 Å². The molecule has 2 fully saturated rings. The lowest BCUT2D eigenvalue weighted by Crippen LogP contribution is -2.48. The fourth-order valence-electron chi connectivity index (χ4n) is 3.44. The molecule has 6 nitrogen and oxygen atoms in total. The Morgan fingerprint density at radius 1 is 1.08 bits per heavy atom. The Kier molecular flexibility index (Phi) is 6.63. The molecule has 6 heteroatoms. The molecule has 0 aromatic heterocycles. The number of hydrogen-bond acceptors (Lipinski definition) is 4. The van der Waals surface area contributed by atoms with Gasteiger partial charge in [-0.1, -0.05) is 13.3 Å². The topological polar surface area (TPSA) is 73.5 Å². The normalized spacial score (nSPS) is 19.4. The molecule has 3 N–H and O–H groups in total. The van der Waals surface area contributed by atoms with Gasteiger partial charge in [-0.3, -0.25) is 9.59 Å². The number of carbonyl (C=O) groups is 2. The van der Waals surface area contributed by atoms with Crippen LogP contribution in [0.5, 0.6) is 0 Å². The van der Waals surface area contributed by atoms with Crippen LogP contribution in [0.2, 0.25) is 0 Å². The summed E-state index contributed by atoms with van der Waals surface area (Å²) in [4.78, 5) is 26.7. The fraction of sp³-hybridized carbons (Fsp3) is 0.600. The summed E-state index contributed by atoms with van der Waals surface area (Å²) in [6.07, 6.45) is 4.31. The Morgan fingerprint density at radius 2 is 1.69 bits per heavy atom. The summed E-state index contributed by atoms with van der Waals surface area (Å²) in [5, 5.41) is 9.08. The van der Waals surface area contributed by atoms with E-state index in [0.29, 0.717) is 12.3 Å². The van der Waals surface area contributed by atoms with Crippen molar-refractivity contribution in [2.75, 3.05) is 43.4 Å². The van der Waals surface area contributed by atoms with Crippen molar-refractivity contribution in [3.8, 4) is 0 Å². The van der Waals surface area contributed by atoms with Gasteiger partial charge in [-0.15, -0.1) is 0 Å². The lowest BCUT2D eigenvalue weighted by molar-refractivity contribution is -0.121. The number of hydrogen-bond donors (Lipinski definition) is 3. The zero-order valence-electron chi connectivity index (χ0n) is 15.6. The lowest BCUT2D eigenvalue weighted by atomic mass is 9.88. The summed E-state index contributed by atoms with van der Waals surface area (Å²) in [5.41, 5.74) is 1.53. The number of rotatable bonds is 7. The van der Waals surface area contributed by atoms with Gasteiger partial charge >= 0.3 is 0 Å². The van der Waals surface area contributed by atoms with Gasteiger partial charge in [-0.05, 0) is 69.2 Å². The third kappa shape index (κ3) is 5.29. The Morgan fingerprint density at radius 3 is 2.27 bits per heavy atom. The Labute approximate surface area is 155 Å². The van der Waals surface area contributed by atoms with Crippen LogP contribution in [0.1, 0.15) is 32.6 Å². The summed E-state index contributed by atoms with van der Waals surface area (Å²) < 4.78 is 0. The third-order valence-electron chi connectivity index (χ3n) is 5.47. The minimum atomic E-state index is 0.00502. The van der Waals surface area contributed by atoms with Crippen LogP contribution >= 0.6 is 0 Å². The molecule has 2 saturated heterocycles. The van der Waals surface area contributed by atoms with Crippen LogP contribution in [-0.2, 0) is 9.59 Å². The number of carbonyl (C=O) groups excluding carboxylic acids is 2. The van der Waals surface area contributed by atoms with Crippen LogP contribution < -0.4 is 16.0 Å². The first-order valence-electron chi connectivity index (χ1n) is 9.75. The van der Waals surface area contributed by atoms with Gasteiger partial charge in [-0.25, -0.2) is 0 Å². The van der Waals surface area contributed by atoms with E-state index in [9.17, 15) is 9.59 Å². The third-order valence-corrected chi connectivity index (χ3v) is 5.47. The predicted octanol–water partition coefficient (Wildman–Crippen LogP) is 2.30.